The molecule has 2 aliphatic carbocycles. The SMILES string of the molecule is CC1CCc2c(sc(NC(=O)c3c4c(nc5ccc(Cl)cc35)CCC4)c2C(N)=O)C1. The molecule has 2 aromatic heterocycles. The summed E-state index contributed by atoms with van der Waals surface area (Å²) in [5.41, 5.74) is 10.5. The Morgan fingerprint density at radius 2 is 2.03 bits per heavy atom. The summed E-state index contributed by atoms with van der Waals surface area (Å²) in [4.78, 5) is 31.7. The Bertz CT molecular complexity index is 1220. The van der Waals surface area contributed by atoms with Gasteiger partial charge in [0.2, 0.25) is 0 Å². The zero-order chi connectivity index (χ0) is 21.0. The van der Waals surface area contributed by atoms with Crippen molar-refractivity contribution < 1.29 is 9.59 Å². The van der Waals surface area contributed by atoms with E-state index < -0.39 is 5.91 Å². The summed E-state index contributed by atoms with van der Waals surface area (Å²) in [6, 6.07) is 5.44. The van der Waals surface area contributed by atoms with Crippen LogP contribution in [0.5, 0.6) is 0 Å². The number of hydrogen-bond acceptors (Lipinski definition) is 4. The number of primary amides is 1. The van der Waals surface area contributed by atoms with E-state index in [-0.39, 0.29) is 5.91 Å². The van der Waals surface area contributed by atoms with Gasteiger partial charge in [0.05, 0.1) is 16.6 Å². The van der Waals surface area contributed by atoms with E-state index >= 15 is 0 Å². The van der Waals surface area contributed by atoms with Gasteiger partial charge in [-0.05, 0) is 73.8 Å². The van der Waals surface area contributed by atoms with Crippen molar-refractivity contribution in [3.8, 4) is 0 Å². The molecule has 0 saturated heterocycles. The second kappa shape index (κ2) is 7.36. The van der Waals surface area contributed by atoms with E-state index in [9.17, 15) is 9.59 Å². The Labute approximate surface area is 183 Å². The number of thiophene rings is 1. The molecule has 0 spiro atoms. The molecule has 0 aliphatic heterocycles. The third-order valence-electron chi connectivity index (χ3n) is 6.19. The topological polar surface area (TPSA) is 85.1 Å². The number of aryl methyl sites for hydroxylation is 1. The first-order valence-electron chi connectivity index (χ1n) is 10.3. The van der Waals surface area contributed by atoms with Crippen LogP contribution in [0.25, 0.3) is 10.9 Å². The summed E-state index contributed by atoms with van der Waals surface area (Å²) < 4.78 is 0. The quantitative estimate of drug-likeness (QED) is 0.607. The van der Waals surface area contributed by atoms with Crippen molar-refractivity contribution in [2.75, 3.05) is 5.32 Å². The minimum absolute atomic E-state index is 0.225. The lowest BCUT2D eigenvalue weighted by Gasteiger charge is -2.18. The van der Waals surface area contributed by atoms with Crippen molar-refractivity contribution in [2.24, 2.45) is 11.7 Å². The average Bonchev–Trinajstić information content (AvgIpc) is 3.29. The summed E-state index contributed by atoms with van der Waals surface area (Å²) >= 11 is 7.72. The van der Waals surface area contributed by atoms with Crippen LogP contribution in [0.4, 0.5) is 5.00 Å². The van der Waals surface area contributed by atoms with Gasteiger partial charge in [-0.1, -0.05) is 18.5 Å². The molecule has 0 radical (unpaired) electrons. The Morgan fingerprint density at radius 1 is 1.20 bits per heavy atom. The molecule has 3 N–H and O–H groups in total. The molecule has 1 aromatic carbocycles. The fourth-order valence-corrected chi connectivity index (χ4v) is 6.34. The largest absolute Gasteiger partial charge is 0.365 e. The van der Waals surface area contributed by atoms with Gasteiger partial charge in [0.25, 0.3) is 11.8 Å². The molecule has 2 heterocycles. The first kappa shape index (κ1) is 19.5. The lowest BCUT2D eigenvalue weighted by molar-refractivity contribution is 0.1000. The molecule has 30 heavy (non-hydrogen) atoms. The molecular formula is C23H22ClN3O2S. The highest BCUT2D eigenvalue weighted by Crippen LogP contribution is 2.40. The number of nitrogens with zero attached hydrogens (tertiary/aromatic N) is 1. The second-order valence-corrected chi connectivity index (χ2v) is 9.84. The summed E-state index contributed by atoms with van der Waals surface area (Å²) in [5, 5.41) is 4.90. The first-order valence-corrected chi connectivity index (χ1v) is 11.5. The Morgan fingerprint density at radius 3 is 2.83 bits per heavy atom. The van der Waals surface area contributed by atoms with Crippen molar-refractivity contribution in [3.05, 3.63) is 56.0 Å². The lowest BCUT2D eigenvalue weighted by atomic mass is 9.88. The van der Waals surface area contributed by atoms with Gasteiger partial charge in [0.1, 0.15) is 5.00 Å². The van der Waals surface area contributed by atoms with E-state index in [1.165, 1.54) is 11.3 Å². The first-order chi connectivity index (χ1) is 14.4. The van der Waals surface area contributed by atoms with Gasteiger partial charge in [0.15, 0.2) is 0 Å². The highest BCUT2D eigenvalue weighted by Gasteiger charge is 2.29. The number of nitrogens with one attached hydrogen (secondary N) is 1. The van der Waals surface area contributed by atoms with Crippen molar-refractivity contribution in [1.82, 2.24) is 4.98 Å². The maximum absolute atomic E-state index is 13.5. The van der Waals surface area contributed by atoms with Crippen LogP contribution in [0.2, 0.25) is 5.02 Å². The van der Waals surface area contributed by atoms with Crippen molar-refractivity contribution in [3.63, 3.8) is 0 Å². The molecule has 5 rings (SSSR count). The van der Waals surface area contributed by atoms with Crippen molar-refractivity contribution in [1.29, 1.82) is 0 Å². The molecule has 1 atom stereocenters. The lowest BCUT2D eigenvalue weighted by Crippen LogP contribution is -2.20. The van der Waals surface area contributed by atoms with E-state index in [1.807, 2.05) is 6.07 Å². The standard InChI is InChI=1S/C23H22ClN3O2S/c1-11-5-7-14-18(9-11)30-23(20(14)21(25)28)27-22(29)19-13-3-2-4-16(13)26-17-8-6-12(24)10-15(17)19/h6,8,10-11H,2-5,7,9H2,1H3,(H2,25,28)(H,27,29). The number of carbonyl (C=O) groups excluding carboxylic acids is 2. The highest BCUT2D eigenvalue weighted by atomic mass is 35.5. The van der Waals surface area contributed by atoms with Gasteiger partial charge >= 0.3 is 0 Å². The number of fused-ring (bicyclic) bond motifs is 3. The van der Waals surface area contributed by atoms with Crippen LogP contribution < -0.4 is 11.1 Å². The number of aromatic nitrogens is 1. The van der Waals surface area contributed by atoms with E-state index in [2.05, 4.69) is 12.2 Å². The smallest absolute Gasteiger partial charge is 0.257 e. The van der Waals surface area contributed by atoms with Gasteiger partial charge in [0, 0.05) is 21.0 Å². The molecule has 1 unspecified atom stereocenters. The predicted molar refractivity (Wildman–Crippen MR) is 121 cm³/mol. The molecule has 0 fully saturated rings. The molecule has 0 saturated carbocycles. The number of amides is 2. The molecular weight excluding hydrogens is 418 g/mol. The van der Waals surface area contributed by atoms with Crippen LogP contribution in [0.15, 0.2) is 18.2 Å². The maximum atomic E-state index is 13.5. The third kappa shape index (κ3) is 3.19. The number of rotatable bonds is 3. The van der Waals surface area contributed by atoms with Crippen molar-refractivity contribution in [2.45, 2.75) is 45.4 Å². The Hall–Kier alpha value is -2.44. The average molecular weight is 440 g/mol. The van der Waals surface area contributed by atoms with Gasteiger partial charge in [-0.15, -0.1) is 11.3 Å². The fourth-order valence-electron chi connectivity index (χ4n) is 4.76. The maximum Gasteiger partial charge on any atom is 0.257 e. The molecule has 3 aromatic rings. The summed E-state index contributed by atoms with van der Waals surface area (Å²) in [6.07, 6.45) is 5.42. The summed E-state index contributed by atoms with van der Waals surface area (Å²) in [6.45, 7) is 2.21. The highest BCUT2D eigenvalue weighted by molar-refractivity contribution is 7.17. The minimum atomic E-state index is -0.481. The molecule has 2 aliphatic rings. The predicted octanol–water partition coefficient (Wildman–Crippen LogP) is 4.91. The zero-order valence-corrected chi connectivity index (χ0v) is 18.3. The molecule has 2 amide bonds. The van der Waals surface area contributed by atoms with Crippen LogP contribution in [0.3, 0.4) is 0 Å². The summed E-state index contributed by atoms with van der Waals surface area (Å²) in [5.74, 6) is -0.142. The monoisotopic (exact) mass is 439 g/mol. The van der Waals surface area contributed by atoms with Crippen LogP contribution in [0.1, 0.15) is 62.2 Å². The Balaban J connectivity index is 1.61. The third-order valence-corrected chi connectivity index (χ3v) is 7.59. The molecule has 5 nitrogen and oxygen atoms in total. The zero-order valence-electron chi connectivity index (χ0n) is 16.7. The normalized spacial score (nSPS) is 17.6. The van der Waals surface area contributed by atoms with Gasteiger partial charge in [-0.2, -0.15) is 0 Å². The van der Waals surface area contributed by atoms with Gasteiger partial charge in [-0.25, -0.2) is 0 Å². The number of pyridine rings is 1. The molecule has 7 heteroatoms. The number of nitrogens with two attached hydrogens (primary N) is 1. The van der Waals surface area contributed by atoms with Crippen molar-refractivity contribution >= 4 is 50.7 Å². The number of carbonyl (C=O) groups is 2. The second-order valence-electron chi connectivity index (χ2n) is 8.30. The number of anilines is 1. The van der Waals surface area contributed by atoms with Crippen LogP contribution in [0, 0.1) is 5.92 Å². The number of benzene rings is 1. The fraction of sp³-hybridized carbons (Fsp3) is 0.348. The van der Waals surface area contributed by atoms with E-state index in [0.717, 1.165) is 71.1 Å². The van der Waals surface area contributed by atoms with E-state index in [1.54, 1.807) is 12.1 Å². The molecule has 0 bridgehead atoms. The number of hydrogen-bond donors (Lipinski definition) is 2. The van der Waals surface area contributed by atoms with E-state index in [0.29, 0.717) is 27.1 Å². The van der Waals surface area contributed by atoms with Gasteiger partial charge in [-0.3, -0.25) is 14.6 Å². The Kier molecular flexibility index (Phi) is 4.79. The van der Waals surface area contributed by atoms with Gasteiger partial charge < -0.3 is 11.1 Å². The molecule has 154 valence electrons. The summed E-state index contributed by atoms with van der Waals surface area (Å²) in [7, 11) is 0. The van der Waals surface area contributed by atoms with Crippen LogP contribution >= 0.6 is 22.9 Å². The van der Waals surface area contributed by atoms with E-state index in [4.69, 9.17) is 22.3 Å². The number of halogens is 1. The van der Waals surface area contributed by atoms with Crippen LogP contribution in [-0.4, -0.2) is 16.8 Å². The van der Waals surface area contributed by atoms with Crippen LogP contribution in [-0.2, 0) is 25.7 Å². The minimum Gasteiger partial charge on any atom is -0.365 e.